The minimum atomic E-state index is -3.61. The Kier molecular flexibility index (Phi) is 5.36. The van der Waals surface area contributed by atoms with Crippen LogP contribution in [0.15, 0.2) is 47.8 Å². The average molecular weight is 367 g/mol. The number of thiophene rings is 1. The summed E-state index contributed by atoms with van der Waals surface area (Å²) in [6, 6.07) is 13.2. The first-order valence-corrected chi connectivity index (χ1v) is 10.3. The van der Waals surface area contributed by atoms with Gasteiger partial charge in [-0.25, -0.2) is 0 Å². The van der Waals surface area contributed by atoms with Crippen LogP contribution in [-0.2, 0) is 14.9 Å². The van der Waals surface area contributed by atoms with Crippen molar-refractivity contribution < 1.29 is 13.2 Å². The first-order valence-electron chi connectivity index (χ1n) is 7.97. The molecular weight excluding hydrogens is 344 g/mol. The van der Waals surface area contributed by atoms with Crippen molar-refractivity contribution in [2.24, 2.45) is 0 Å². The van der Waals surface area contributed by atoms with Crippen LogP contribution in [0.1, 0.15) is 30.3 Å². The number of hydrogen-bond donors (Lipinski definition) is 1. The van der Waals surface area contributed by atoms with Crippen LogP contribution in [0.5, 0.6) is 0 Å². The van der Waals surface area contributed by atoms with Gasteiger partial charge in [0, 0.05) is 18.0 Å². The zero-order valence-electron chi connectivity index (χ0n) is 13.8. The van der Waals surface area contributed by atoms with Crippen LogP contribution in [0.2, 0.25) is 0 Å². The van der Waals surface area contributed by atoms with Gasteiger partial charge in [0.15, 0.2) is 0 Å². The first kappa shape index (κ1) is 17.6. The van der Waals surface area contributed by atoms with Crippen LogP contribution in [0, 0.1) is 0 Å². The molecule has 1 aromatic carbocycles. The van der Waals surface area contributed by atoms with Gasteiger partial charge in [-0.2, -0.15) is 17.4 Å². The van der Waals surface area contributed by atoms with E-state index in [9.17, 15) is 8.42 Å². The maximum Gasteiger partial charge on any atom is 0.280 e. The van der Waals surface area contributed by atoms with Crippen molar-refractivity contribution in [3.8, 4) is 0 Å². The monoisotopic (exact) mass is 366 g/mol. The molecule has 1 aliphatic heterocycles. The predicted molar refractivity (Wildman–Crippen MR) is 96.2 cm³/mol. The summed E-state index contributed by atoms with van der Waals surface area (Å²) in [5.41, 5.74) is 0.929. The van der Waals surface area contributed by atoms with E-state index in [4.69, 9.17) is 4.74 Å². The third-order valence-corrected chi connectivity index (χ3v) is 6.40. The summed E-state index contributed by atoms with van der Waals surface area (Å²) in [4.78, 5) is 0.971. The van der Waals surface area contributed by atoms with Gasteiger partial charge in [-0.15, -0.1) is 11.3 Å². The number of morpholine rings is 1. The zero-order valence-corrected chi connectivity index (χ0v) is 15.4. The largest absolute Gasteiger partial charge is 0.373 e. The lowest BCUT2D eigenvalue weighted by atomic mass is 10.1. The lowest BCUT2D eigenvalue weighted by Crippen LogP contribution is -2.52. The minimum Gasteiger partial charge on any atom is -0.373 e. The molecule has 2 aromatic rings. The lowest BCUT2D eigenvalue weighted by molar-refractivity contribution is -0.0444. The number of ether oxygens (including phenoxy) is 1. The Morgan fingerprint density at radius 1 is 1.12 bits per heavy atom. The second-order valence-electron chi connectivity index (χ2n) is 6.06. The molecule has 2 heterocycles. The summed E-state index contributed by atoms with van der Waals surface area (Å²) in [6.07, 6.45) is -0.218. The van der Waals surface area contributed by atoms with Gasteiger partial charge in [-0.05, 0) is 30.9 Å². The molecule has 130 valence electrons. The number of hydrogen-bond acceptors (Lipinski definition) is 4. The molecule has 1 aliphatic rings. The fraction of sp³-hybridized carbons (Fsp3) is 0.412. The van der Waals surface area contributed by atoms with Crippen LogP contribution in [0.25, 0.3) is 0 Å². The summed E-state index contributed by atoms with van der Waals surface area (Å²) in [5, 5.41) is 1.96. The topological polar surface area (TPSA) is 58.6 Å². The van der Waals surface area contributed by atoms with E-state index in [0.29, 0.717) is 13.1 Å². The minimum absolute atomic E-state index is 0.109. The number of rotatable bonds is 5. The van der Waals surface area contributed by atoms with Crippen LogP contribution in [0.3, 0.4) is 0 Å². The maximum absolute atomic E-state index is 12.9. The molecule has 1 fully saturated rings. The number of nitrogens with one attached hydrogen (secondary N) is 1. The van der Waals surface area contributed by atoms with Gasteiger partial charge in [0.25, 0.3) is 10.2 Å². The maximum atomic E-state index is 12.9. The SMILES string of the molecule is C[C@@H]1CN(S(=O)(=O)N[C@H](c2ccccc2)c2cccs2)C[C@@H](C)O1. The molecule has 1 N–H and O–H groups in total. The van der Waals surface area contributed by atoms with E-state index in [-0.39, 0.29) is 18.2 Å². The highest BCUT2D eigenvalue weighted by molar-refractivity contribution is 7.87. The summed E-state index contributed by atoms with van der Waals surface area (Å²) >= 11 is 1.54. The van der Waals surface area contributed by atoms with Crippen molar-refractivity contribution in [1.29, 1.82) is 0 Å². The smallest absolute Gasteiger partial charge is 0.280 e. The van der Waals surface area contributed by atoms with E-state index in [1.165, 1.54) is 4.31 Å². The molecule has 5 nitrogen and oxygen atoms in total. The molecule has 1 saturated heterocycles. The van der Waals surface area contributed by atoms with Crippen LogP contribution < -0.4 is 4.72 Å². The van der Waals surface area contributed by atoms with Crippen molar-refractivity contribution in [2.75, 3.05) is 13.1 Å². The molecule has 0 aliphatic carbocycles. The number of nitrogens with zero attached hydrogens (tertiary/aromatic N) is 1. The van der Waals surface area contributed by atoms with E-state index in [0.717, 1.165) is 10.4 Å². The van der Waals surface area contributed by atoms with Crippen molar-refractivity contribution >= 4 is 21.5 Å². The average Bonchev–Trinajstić information content (AvgIpc) is 3.07. The van der Waals surface area contributed by atoms with Crippen LogP contribution in [-0.4, -0.2) is 38.0 Å². The molecule has 1 aromatic heterocycles. The van der Waals surface area contributed by atoms with Crippen LogP contribution >= 0.6 is 11.3 Å². The molecule has 0 spiro atoms. The molecule has 3 rings (SSSR count). The second kappa shape index (κ2) is 7.33. The van der Waals surface area contributed by atoms with Gasteiger partial charge >= 0.3 is 0 Å². The quantitative estimate of drug-likeness (QED) is 0.885. The number of benzene rings is 1. The van der Waals surface area contributed by atoms with E-state index in [1.54, 1.807) is 11.3 Å². The molecule has 24 heavy (non-hydrogen) atoms. The summed E-state index contributed by atoms with van der Waals surface area (Å²) < 4.78 is 35.8. The van der Waals surface area contributed by atoms with Gasteiger partial charge in [-0.3, -0.25) is 0 Å². The Morgan fingerprint density at radius 3 is 2.38 bits per heavy atom. The van der Waals surface area contributed by atoms with Crippen molar-refractivity contribution in [3.05, 3.63) is 58.3 Å². The summed E-state index contributed by atoms with van der Waals surface area (Å²) in [6.45, 7) is 4.52. The summed E-state index contributed by atoms with van der Waals surface area (Å²) in [5.74, 6) is 0. The fourth-order valence-electron chi connectivity index (χ4n) is 2.94. The molecule has 3 atom stereocenters. The normalized spacial score (nSPS) is 23.9. The highest BCUT2D eigenvalue weighted by atomic mass is 32.2. The van der Waals surface area contributed by atoms with Crippen molar-refractivity contribution in [2.45, 2.75) is 32.1 Å². The Bertz CT molecular complexity index is 737. The van der Waals surface area contributed by atoms with E-state index < -0.39 is 10.2 Å². The Morgan fingerprint density at radius 2 is 1.79 bits per heavy atom. The van der Waals surface area contributed by atoms with Gasteiger partial charge in [-0.1, -0.05) is 36.4 Å². The van der Waals surface area contributed by atoms with Crippen molar-refractivity contribution in [1.82, 2.24) is 9.03 Å². The Hall–Kier alpha value is -1.25. The van der Waals surface area contributed by atoms with Crippen molar-refractivity contribution in [3.63, 3.8) is 0 Å². The third-order valence-electron chi connectivity index (χ3n) is 3.95. The fourth-order valence-corrected chi connectivity index (χ4v) is 5.34. The molecule has 0 amide bonds. The third kappa shape index (κ3) is 4.04. The molecular formula is C17H22N2O3S2. The Labute approximate surface area is 147 Å². The first-order chi connectivity index (χ1) is 11.5. The highest BCUT2D eigenvalue weighted by Crippen LogP contribution is 2.27. The lowest BCUT2D eigenvalue weighted by Gasteiger charge is -2.35. The van der Waals surface area contributed by atoms with Gasteiger partial charge in [0.2, 0.25) is 0 Å². The van der Waals surface area contributed by atoms with Gasteiger partial charge in [0.05, 0.1) is 18.2 Å². The molecule has 7 heteroatoms. The highest BCUT2D eigenvalue weighted by Gasteiger charge is 2.33. The summed E-state index contributed by atoms with van der Waals surface area (Å²) in [7, 11) is -3.61. The van der Waals surface area contributed by atoms with Crippen LogP contribution in [0.4, 0.5) is 0 Å². The molecule has 0 unspecified atom stereocenters. The van der Waals surface area contributed by atoms with Gasteiger partial charge in [0.1, 0.15) is 0 Å². The molecule has 0 bridgehead atoms. The van der Waals surface area contributed by atoms with E-state index in [1.807, 2.05) is 61.7 Å². The molecule has 0 saturated carbocycles. The van der Waals surface area contributed by atoms with E-state index >= 15 is 0 Å². The Balaban J connectivity index is 1.87. The standard InChI is InChI=1S/C17H22N2O3S2/c1-13-11-19(12-14(2)22-13)24(20,21)18-17(16-9-6-10-23-16)15-7-4-3-5-8-15/h3-10,13-14,17-18H,11-12H2,1-2H3/t13-,14-,17-/m1/s1. The van der Waals surface area contributed by atoms with Gasteiger partial charge < -0.3 is 4.74 Å². The van der Waals surface area contributed by atoms with E-state index in [2.05, 4.69) is 4.72 Å². The predicted octanol–water partition coefficient (Wildman–Crippen LogP) is 2.78. The second-order valence-corrected chi connectivity index (χ2v) is 8.74. The zero-order chi connectivity index (χ0) is 17.2. The molecule has 0 radical (unpaired) electrons.